The van der Waals surface area contributed by atoms with E-state index in [-0.39, 0.29) is 18.9 Å². The van der Waals surface area contributed by atoms with Crippen LogP contribution in [-0.4, -0.2) is 31.5 Å². The van der Waals surface area contributed by atoms with Crippen LogP contribution >= 0.6 is 8.58 Å². The van der Waals surface area contributed by atoms with Crippen molar-refractivity contribution in [3.8, 4) is 5.75 Å². The van der Waals surface area contributed by atoms with E-state index in [2.05, 4.69) is 0 Å². The predicted molar refractivity (Wildman–Crippen MR) is 88.9 cm³/mol. The molecule has 136 valence electrons. The molecule has 0 aliphatic rings. The topological polar surface area (TPSA) is 26.3 Å². The summed E-state index contributed by atoms with van der Waals surface area (Å²) in [5.41, 5.74) is -5.76. The third-order valence-electron chi connectivity index (χ3n) is 3.25. The molecule has 0 N–H and O–H groups in total. The zero-order valence-corrected chi connectivity index (χ0v) is 13.6. The van der Waals surface area contributed by atoms with Gasteiger partial charge in [0.2, 0.25) is 0 Å². The molecule has 2 aromatic rings. The van der Waals surface area contributed by atoms with Gasteiger partial charge in [0.15, 0.2) is 5.52 Å². The summed E-state index contributed by atoms with van der Waals surface area (Å²) >= 11 is 0. The quantitative estimate of drug-likeness (QED) is 0.445. The molecule has 10 heteroatoms. The van der Waals surface area contributed by atoms with Gasteiger partial charge in [-0.15, -0.1) is 0 Å². The molecule has 0 aromatic heterocycles. The van der Waals surface area contributed by atoms with Crippen LogP contribution in [0, 0.1) is 0 Å². The molecule has 2 aromatic carbocycles. The van der Waals surface area contributed by atoms with Gasteiger partial charge in [0.05, 0.1) is 18.2 Å². The molecule has 0 aliphatic heterocycles. The second kappa shape index (κ2) is 8.47. The molecule has 0 bridgehead atoms. The van der Waals surface area contributed by atoms with Gasteiger partial charge in [0.1, 0.15) is 5.75 Å². The minimum absolute atomic E-state index is 0. The molecular formula is C16H12F6LiO2P. The van der Waals surface area contributed by atoms with Gasteiger partial charge in [-0.05, 0) is 38.2 Å². The van der Waals surface area contributed by atoms with Crippen LogP contribution in [0.1, 0.15) is 21.5 Å². The summed E-state index contributed by atoms with van der Waals surface area (Å²) < 4.78 is 83.4. The third-order valence-corrected chi connectivity index (χ3v) is 4.35. The van der Waals surface area contributed by atoms with Gasteiger partial charge in [-0.1, -0.05) is 18.2 Å². The summed E-state index contributed by atoms with van der Waals surface area (Å²) in [6, 6.07) is 7.35. The fourth-order valence-corrected chi connectivity index (χ4v) is 3.13. The van der Waals surface area contributed by atoms with Crippen molar-refractivity contribution in [2.24, 2.45) is 0 Å². The molecule has 1 atom stereocenters. The number of hydrogen-bond donors (Lipinski definition) is 0. The molecule has 0 aliphatic carbocycles. The zero-order chi connectivity index (χ0) is 18.8. The van der Waals surface area contributed by atoms with Crippen molar-refractivity contribution in [3.05, 3.63) is 59.2 Å². The maximum absolute atomic E-state index is 13.1. The number of rotatable bonds is 4. The SMILES string of the molecule is COc1ccc(PC(=O)c2c(C(F)(F)F)cccc2C(F)(F)F)cc1.[LiH]. The van der Waals surface area contributed by atoms with Crippen LogP contribution < -0.4 is 10.0 Å². The monoisotopic (exact) mass is 388 g/mol. The number of methoxy groups -OCH3 is 1. The first-order valence-corrected chi connectivity index (χ1v) is 7.77. The molecule has 0 spiro atoms. The van der Waals surface area contributed by atoms with Crippen molar-refractivity contribution >= 4 is 38.3 Å². The number of benzene rings is 2. The Morgan fingerprint density at radius 1 is 0.885 bits per heavy atom. The Morgan fingerprint density at radius 3 is 1.73 bits per heavy atom. The molecule has 0 amide bonds. The summed E-state index contributed by atoms with van der Waals surface area (Å²) in [5.74, 6) is 0.452. The van der Waals surface area contributed by atoms with Crippen LogP contribution in [0.2, 0.25) is 0 Å². The average molecular weight is 388 g/mol. The summed E-state index contributed by atoms with van der Waals surface area (Å²) in [6.45, 7) is 0. The molecule has 26 heavy (non-hydrogen) atoms. The van der Waals surface area contributed by atoms with Gasteiger partial charge in [0, 0.05) is 5.56 Å². The standard InChI is InChI=1S/C16H11F6O2P.Li.H/c1-24-9-5-7-10(8-6-9)25-14(23)13-11(15(17,18)19)3-2-4-12(13)16(20,21)22;;/h2-8,25H,1H3;;. The van der Waals surface area contributed by atoms with Gasteiger partial charge in [-0.25, -0.2) is 0 Å². The first-order valence-electron chi connectivity index (χ1n) is 6.77. The average Bonchev–Trinajstić information content (AvgIpc) is 2.53. The molecule has 0 fully saturated rings. The van der Waals surface area contributed by atoms with Gasteiger partial charge in [-0.3, -0.25) is 4.79 Å². The van der Waals surface area contributed by atoms with E-state index in [9.17, 15) is 31.1 Å². The molecule has 1 unspecified atom stereocenters. The minimum atomic E-state index is -5.07. The molecule has 0 saturated carbocycles. The van der Waals surface area contributed by atoms with Crippen LogP contribution in [-0.2, 0) is 12.4 Å². The van der Waals surface area contributed by atoms with Crippen LogP contribution in [0.5, 0.6) is 5.75 Å². The van der Waals surface area contributed by atoms with E-state index >= 15 is 0 Å². The van der Waals surface area contributed by atoms with Crippen LogP contribution in [0.3, 0.4) is 0 Å². The number of alkyl halides is 6. The second-order valence-electron chi connectivity index (χ2n) is 4.91. The summed E-state index contributed by atoms with van der Waals surface area (Å²) in [7, 11) is 0.510. The van der Waals surface area contributed by atoms with E-state index in [1.165, 1.54) is 31.4 Å². The van der Waals surface area contributed by atoms with Crippen molar-refractivity contribution in [2.75, 3.05) is 7.11 Å². The number of ether oxygens (including phenoxy) is 1. The first-order chi connectivity index (χ1) is 11.5. The Morgan fingerprint density at radius 2 is 1.35 bits per heavy atom. The fraction of sp³-hybridized carbons (Fsp3) is 0.188. The van der Waals surface area contributed by atoms with E-state index in [1.54, 1.807) is 0 Å². The van der Waals surface area contributed by atoms with Crippen molar-refractivity contribution in [3.63, 3.8) is 0 Å². The maximum atomic E-state index is 13.1. The third kappa shape index (κ3) is 5.26. The number of halogens is 6. The Balaban J connectivity index is 0.00000338. The van der Waals surface area contributed by atoms with Gasteiger partial charge in [-0.2, -0.15) is 26.3 Å². The van der Waals surface area contributed by atoms with Gasteiger partial charge in [0.25, 0.3) is 0 Å². The van der Waals surface area contributed by atoms with Crippen molar-refractivity contribution < 1.29 is 35.9 Å². The Kier molecular flexibility index (Phi) is 7.35. The second-order valence-corrected chi connectivity index (χ2v) is 6.19. The van der Waals surface area contributed by atoms with Crippen molar-refractivity contribution in [1.82, 2.24) is 0 Å². The summed E-state index contributed by atoms with van der Waals surface area (Å²) in [4.78, 5) is 12.3. The van der Waals surface area contributed by atoms with E-state index < -0.39 is 43.1 Å². The molecule has 0 saturated heterocycles. The Labute approximate surface area is 158 Å². The molecule has 0 radical (unpaired) electrons. The van der Waals surface area contributed by atoms with Crippen LogP contribution in [0.25, 0.3) is 0 Å². The van der Waals surface area contributed by atoms with Crippen molar-refractivity contribution in [1.29, 1.82) is 0 Å². The van der Waals surface area contributed by atoms with Gasteiger partial charge < -0.3 is 4.74 Å². The molecular weight excluding hydrogens is 376 g/mol. The predicted octanol–water partition coefficient (Wildman–Crippen LogP) is 4.23. The Hall–Kier alpha value is -1.48. The van der Waals surface area contributed by atoms with E-state index in [0.29, 0.717) is 29.3 Å². The Bertz CT molecular complexity index is 740. The van der Waals surface area contributed by atoms with Crippen LogP contribution in [0.4, 0.5) is 26.3 Å². The number of carbonyl (C=O) groups is 1. The molecule has 2 nitrogen and oxygen atoms in total. The molecule has 2 rings (SSSR count). The first kappa shape index (κ1) is 22.6. The van der Waals surface area contributed by atoms with Crippen molar-refractivity contribution in [2.45, 2.75) is 12.4 Å². The number of hydrogen-bond acceptors (Lipinski definition) is 2. The van der Waals surface area contributed by atoms with E-state index in [0.717, 1.165) is 0 Å². The summed E-state index contributed by atoms with van der Waals surface area (Å²) in [5, 5.41) is 0.302. The van der Waals surface area contributed by atoms with Crippen LogP contribution in [0.15, 0.2) is 42.5 Å². The molecule has 0 heterocycles. The number of carbonyl (C=O) groups excluding carboxylic acids is 1. The normalized spacial score (nSPS) is 12.1. The fourth-order valence-electron chi connectivity index (χ4n) is 2.14. The van der Waals surface area contributed by atoms with E-state index in [1.807, 2.05) is 0 Å². The van der Waals surface area contributed by atoms with Gasteiger partial charge >= 0.3 is 31.2 Å². The van der Waals surface area contributed by atoms with E-state index in [4.69, 9.17) is 4.74 Å². The summed E-state index contributed by atoms with van der Waals surface area (Å²) in [6.07, 6.45) is -10.1. The zero-order valence-electron chi connectivity index (χ0n) is 12.6.